The van der Waals surface area contributed by atoms with Crippen molar-refractivity contribution in [2.24, 2.45) is 0 Å². The molecular formula is C15H12FN5O4. The molecule has 4 heterocycles. The lowest BCUT2D eigenvalue weighted by Crippen LogP contribution is -2.27. The van der Waals surface area contributed by atoms with Crippen molar-refractivity contribution in [3.05, 3.63) is 58.0 Å². The standard InChI is InChI=1S/C15H12FN5O4/c16-8-5-9(14(22)17-6-8)11-2-4-25-21(11)12-1-3-20-13(19-12)10(7-18-20)15(23)24/h1,3,5-7,11H,2,4H2,(H,17,22)(H,23,24)/t11-/m1/s1. The van der Waals surface area contributed by atoms with E-state index < -0.39 is 23.4 Å². The summed E-state index contributed by atoms with van der Waals surface area (Å²) >= 11 is 0. The van der Waals surface area contributed by atoms with Gasteiger partial charge in [-0.2, -0.15) is 5.10 Å². The van der Waals surface area contributed by atoms with Crippen molar-refractivity contribution in [2.45, 2.75) is 12.5 Å². The van der Waals surface area contributed by atoms with E-state index in [4.69, 9.17) is 4.84 Å². The van der Waals surface area contributed by atoms with Gasteiger partial charge in [-0.15, -0.1) is 0 Å². The minimum Gasteiger partial charge on any atom is -0.477 e. The maximum Gasteiger partial charge on any atom is 0.341 e. The number of H-pyrrole nitrogens is 1. The predicted molar refractivity (Wildman–Crippen MR) is 82.8 cm³/mol. The molecule has 128 valence electrons. The summed E-state index contributed by atoms with van der Waals surface area (Å²) in [7, 11) is 0. The first kappa shape index (κ1) is 15.3. The van der Waals surface area contributed by atoms with Gasteiger partial charge >= 0.3 is 5.97 Å². The number of hydrogen-bond donors (Lipinski definition) is 2. The van der Waals surface area contributed by atoms with E-state index in [1.54, 1.807) is 12.3 Å². The molecule has 0 amide bonds. The lowest BCUT2D eigenvalue weighted by Gasteiger charge is -2.23. The minimum atomic E-state index is -1.15. The second-order valence-electron chi connectivity index (χ2n) is 5.48. The molecule has 1 aliphatic heterocycles. The first-order valence-electron chi connectivity index (χ1n) is 7.42. The molecule has 0 bridgehead atoms. The number of carboxylic acids is 1. The van der Waals surface area contributed by atoms with Crippen LogP contribution < -0.4 is 10.6 Å². The number of hydroxylamine groups is 1. The first-order chi connectivity index (χ1) is 12.0. The van der Waals surface area contributed by atoms with Crippen LogP contribution in [0.3, 0.4) is 0 Å². The van der Waals surface area contributed by atoms with Crippen molar-refractivity contribution in [3.63, 3.8) is 0 Å². The molecule has 1 aliphatic rings. The lowest BCUT2D eigenvalue weighted by molar-refractivity contribution is 0.0698. The molecule has 10 heteroatoms. The average Bonchev–Trinajstić information content (AvgIpc) is 3.22. The van der Waals surface area contributed by atoms with Gasteiger partial charge in [0.1, 0.15) is 11.4 Å². The highest BCUT2D eigenvalue weighted by Gasteiger charge is 2.31. The number of fused-ring (bicyclic) bond motifs is 1. The van der Waals surface area contributed by atoms with Crippen molar-refractivity contribution in [2.75, 3.05) is 11.7 Å². The molecule has 0 spiro atoms. The van der Waals surface area contributed by atoms with Crippen molar-refractivity contribution < 1.29 is 19.1 Å². The van der Waals surface area contributed by atoms with Gasteiger partial charge in [-0.25, -0.2) is 23.7 Å². The van der Waals surface area contributed by atoms with E-state index in [1.807, 2.05) is 0 Å². The summed E-state index contributed by atoms with van der Waals surface area (Å²) < 4.78 is 14.8. The average molecular weight is 345 g/mol. The number of aromatic nitrogens is 4. The van der Waals surface area contributed by atoms with E-state index in [9.17, 15) is 19.1 Å². The maximum atomic E-state index is 13.5. The Labute approximate surface area is 139 Å². The molecule has 2 N–H and O–H groups in total. The van der Waals surface area contributed by atoms with Gasteiger partial charge in [0.2, 0.25) is 0 Å². The molecule has 4 rings (SSSR count). The molecule has 1 atom stereocenters. The van der Waals surface area contributed by atoms with Crippen LogP contribution in [0.2, 0.25) is 0 Å². The predicted octanol–water partition coefficient (Wildman–Crippen LogP) is 1.14. The van der Waals surface area contributed by atoms with Crippen LogP contribution in [0.25, 0.3) is 5.65 Å². The van der Waals surface area contributed by atoms with Crippen LogP contribution in [0, 0.1) is 5.82 Å². The van der Waals surface area contributed by atoms with Crippen LogP contribution in [0.4, 0.5) is 10.2 Å². The Morgan fingerprint density at radius 2 is 2.32 bits per heavy atom. The Morgan fingerprint density at radius 1 is 1.48 bits per heavy atom. The Kier molecular flexibility index (Phi) is 3.46. The smallest absolute Gasteiger partial charge is 0.341 e. The fraction of sp³-hybridized carbons (Fsp3) is 0.200. The minimum absolute atomic E-state index is 0.0544. The summed E-state index contributed by atoms with van der Waals surface area (Å²) in [5, 5.41) is 14.5. The quantitative estimate of drug-likeness (QED) is 0.732. The molecule has 1 saturated heterocycles. The molecule has 0 radical (unpaired) electrons. The Hall–Kier alpha value is -3.27. The number of halogens is 1. The summed E-state index contributed by atoms with van der Waals surface area (Å²) in [6.45, 7) is 0.318. The molecule has 0 saturated carbocycles. The number of hydrogen-bond acceptors (Lipinski definition) is 6. The molecule has 25 heavy (non-hydrogen) atoms. The van der Waals surface area contributed by atoms with E-state index in [0.717, 1.165) is 12.3 Å². The zero-order chi connectivity index (χ0) is 17.6. The summed E-state index contributed by atoms with van der Waals surface area (Å²) in [5.41, 5.74) is -0.113. The van der Waals surface area contributed by atoms with E-state index in [0.29, 0.717) is 18.8 Å². The second-order valence-corrected chi connectivity index (χ2v) is 5.48. The Bertz CT molecular complexity index is 1030. The lowest BCUT2D eigenvalue weighted by atomic mass is 10.1. The SMILES string of the molecule is O=C(O)c1cnn2ccc(N3OCC[C@@H]3c3cc(F)c[nH]c3=O)nc12. The topological polar surface area (TPSA) is 113 Å². The number of carbonyl (C=O) groups is 1. The van der Waals surface area contributed by atoms with Crippen LogP contribution in [0.1, 0.15) is 28.4 Å². The number of rotatable bonds is 3. The number of nitrogens with zero attached hydrogens (tertiary/aromatic N) is 4. The molecule has 1 fully saturated rings. The first-order valence-corrected chi connectivity index (χ1v) is 7.42. The summed E-state index contributed by atoms with van der Waals surface area (Å²) in [6, 6.07) is 2.20. The van der Waals surface area contributed by atoms with Gasteiger partial charge in [0.05, 0.1) is 18.8 Å². The highest BCUT2D eigenvalue weighted by atomic mass is 19.1. The van der Waals surface area contributed by atoms with E-state index in [-0.39, 0.29) is 16.8 Å². The third-order valence-electron chi connectivity index (χ3n) is 3.97. The molecule has 9 nitrogen and oxygen atoms in total. The van der Waals surface area contributed by atoms with Gasteiger partial charge in [-0.05, 0) is 6.07 Å². The van der Waals surface area contributed by atoms with Crippen LogP contribution in [-0.2, 0) is 4.84 Å². The van der Waals surface area contributed by atoms with Crippen LogP contribution in [-0.4, -0.2) is 37.3 Å². The van der Waals surface area contributed by atoms with Crippen LogP contribution in [0.15, 0.2) is 35.5 Å². The Morgan fingerprint density at radius 3 is 3.12 bits per heavy atom. The van der Waals surface area contributed by atoms with Gasteiger partial charge in [0, 0.05) is 30.4 Å². The summed E-state index contributed by atoms with van der Waals surface area (Å²) in [6.07, 6.45) is 4.19. The summed E-state index contributed by atoms with van der Waals surface area (Å²) in [4.78, 5) is 35.5. The van der Waals surface area contributed by atoms with Gasteiger partial charge in [0.15, 0.2) is 11.5 Å². The van der Waals surface area contributed by atoms with Crippen LogP contribution in [0.5, 0.6) is 0 Å². The molecule has 0 unspecified atom stereocenters. The number of anilines is 1. The largest absolute Gasteiger partial charge is 0.477 e. The van der Waals surface area contributed by atoms with Gasteiger partial charge in [-0.3, -0.25) is 9.63 Å². The van der Waals surface area contributed by atoms with E-state index in [1.165, 1.54) is 15.8 Å². The number of aromatic carboxylic acids is 1. The van der Waals surface area contributed by atoms with E-state index in [2.05, 4.69) is 15.1 Å². The zero-order valence-electron chi connectivity index (χ0n) is 12.7. The number of aromatic amines is 1. The number of carboxylic acid groups (broad SMARTS) is 1. The normalized spacial score (nSPS) is 17.3. The highest BCUT2D eigenvalue weighted by molar-refractivity contribution is 5.94. The molecule has 3 aromatic rings. The van der Waals surface area contributed by atoms with Crippen molar-refractivity contribution >= 4 is 17.4 Å². The third-order valence-corrected chi connectivity index (χ3v) is 3.97. The van der Waals surface area contributed by atoms with Gasteiger partial charge in [-0.1, -0.05) is 0 Å². The fourth-order valence-electron chi connectivity index (χ4n) is 2.83. The third kappa shape index (κ3) is 2.52. The van der Waals surface area contributed by atoms with Crippen molar-refractivity contribution in [1.82, 2.24) is 19.6 Å². The zero-order valence-corrected chi connectivity index (χ0v) is 12.7. The fourth-order valence-corrected chi connectivity index (χ4v) is 2.83. The monoisotopic (exact) mass is 345 g/mol. The maximum absolute atomic E-state index is 13.5. The molecule has 0 aromatic carbocycles. The highest BCUT2D eigenvalue weighted by Crippen LogP contribution is 2.32. The van der Waals surface area contributed by atoms with Crippen molar-refractivity contribution in [3.8, 4) is 0 Å². The van der Waals surface area contributed by atoms with Gasteiger partial charge in [0.25, 0.3) is 5.56 Å². The van der Waals surface area contributed by atoms with E-state index >= 15 is 0 Å². The number of pyridine rings is 1. The molecule has 0 aliphatic carbocycles. The summed E-state index contributed by atoms with van der Waals surface area (Å²) in [5.74, 6) is -1.41. The molecule has 3 aromatic heterocycles. The number of nitrogens with one attached hydrogen (secondary N) is 1. The van der Waals surface area contributed by atoms with Crippen molar-refractivity contribution in [1.29, 1.82) is 0 Å². The van der Waals surface area contributed by atoms with Crippen LogP contribution >= 0.6 is 0 Å². The Balaban J connectivity index is 1.79. The van der Waals surface area contributed by atoms with Gasteiger partial charge < -0.3 is 10.1 Å². The second kappa shape index (κ2) is 5.67. The molecular weight excluding hydrogens is 333 g/mol.